The first kappa shape index (κ1) is 31.4. The summed E-state index contributed by atoms with van der Waals surface area (Å²) in [4.78, 5) is 54.0. The summed E-state index contributed by atoms with van der Waals surface area (Å²) in [5.74, 6) is -1.70. The molecule has 2 aromatic carbocycles. The van der Waals surface area contributed by atoms with E-state index in [1.165, 1.54) is 4.90 Å². The van der Waals surface area contributed by atoms with Crippen molar-refractivity contribution >= 4 is 68.9 Å². The summed E-state index contributed by atoms with van der Waals surface area (Å²) < 4.78 is 0.442. The van der Waals surface area contributed by atoms with Crippen molar-refractivity contribution in [3.05, 3.63) is 64.1 Å². The van der Waals surface area contributed by atoms with Crippen molar-refractivity contribution < 1.29 is 24.3 Å². The van der Waals surface area contributed by atoms with Gasteiger partial charge in [0, 0.05) is 24.2 Å². The first-order valence-corrected chi connectivity index (χ1v) is 15.7. The van der Waals surface area contributed by atoms with Gasteiger partial charge in [-0.2, -0.15) is 0 Å². The number of thioether (sulfide) groups is 1. The lowest BCUT2D eigenvalue weighted by molar-refractivity contribution is -0.137. The highest BCUT2D eigenvalue weighted by atomic mass is 32.2. The number of hydrogen-bond acceptors (Lipinski definition) is 6. The summed E-state index contributed by atoms with van der Waals surface area (Å²) in [6.07, 6.45) is 7.90. The van der Waals surface area contributed by atoms with Crippen LogP contribution in [0.1, 0.15) is 74.5 Å². The Morgan fingerprint density at radius 1 is 0.857 bits per heavy atom. The van der Waals surface area contributed by atoms with Crippen molar-refractivity contribution in [2.24, 2.45) is 0 Å². The molecule has 8 nitrogen and oxygen atoms in total. The van der Waals surface area contributed by atoms with Crippen LogP contribution in [0.15, 0.2) is 47.4 Å². The Labute approximate surface area is 256 Å². The summed E-state index contributed by atoms with van der Waals surface area (Å²) in [6, 6.07) is 12.9. The van der Waals surface area contributed by atoms with Crippen LogP contribution >= 0.6 is 24.0 Å². The minimum absolute atomic E-state index is 0.174. The first-order chi connectivity index (χ1) is 20.2. The number of hydrogen-bond donors (Lipinski definition) is 2. The molecule has 2 aliphatic heterocycles. The van der Waals surface area contributed by atoms with E-state index in [2.05, 4.69) is 5.32 Å². The molecular weight excluding hydrogens is 571 g/mol. The summed E-state index contributed by atoms with van der Waals surface area (Å²) in [7, 11) is 0. The van der Waals surface area contributed by atoms with E-state index in [0.717, 1.165) is 74.3 Å². The van der Waals surface area contributed by atoms with Gasteiger partial charge in [0.25, 0.3) is 11.8 Å². The molecule has 0 saturated carbocycles. The largest absolute Gasteiger partial charge is 0.481 e. The van der Waals surface area contributed by atoms with Crippen molar-refractivity contribution in [1.82, 2.24) is 4.90 Å². The number of carboxylic acids is 1. The molecule has 2 aromatic rings. The summed E-state index contributed by atoms with van der Waals surface area (Å²) >= 11 is 6.69. The van der Waals surface area contributed by atoms with Gasteiger partial charge in [-0.25, -0.2) is 0 Å². The van der Waals surface area contributed by atoms with E-state index >= 15 is 0 Å². The van der Waals surface area contributed by atoms with Gasteiger partial charge >= 0.3 is 5.97 Å². The highest BCUT2D eigenvalue weighted by Crippen LogP contribution is 2.44. The van der Waals surface area contributed by atoms with Gasteiger partial charge in [-0.1, -0.05) is 86.8 Å². The number of para-hydroxylation sites is 1. The number of carbonyl (C=O) groups is 4. The molecule has 2 N–H and O–H groups in total. The van der Waals surface area contributed by atoms with Gasteiger partial charge in [-0.15, -0.1) is 0 Å². The average Bonchev–Trinajstić information content (AvgIpc) is 3.38. The lowest BCUT2D eigenvalue weighted by atomic mass is 10.1. The van der Waals surface area contributed by atoms with E-state index in [0.29, 0.717) is 38.3 Å². The van der Waals surface area contributed by atoms with Crippen molar-refractivity contribution in [2.45, 2.75) is 71.6 Å². The Morgan fingerprint density at radius 2 is 1.52 bits per heavy atom. The number of carbonyl (C=O) groups excluding carboxylic acids is 3. The van der Waals surface area contributed by atoms with Gasteiger partial charge in [0.15, 0.2) is 0 Å². The molecule has 0 spiro atoms. The van der Waals surface area contributed by atoms with Crippen molar-refractivity contribution in [1.29, 1.82) is 0 Å². The number of carboxylic acid groups (broad SMARTS) is 1. The van der Waals surface area contributed by atoms with Crippen molar-refractivity contribution in [2.75, 3.05) is 23.3 Å². The molecule has 0 atom stereocenters. The number of fused-ring (bicyclic) bond motifs is 1. The molecule has 2 aliphatic rings. The zero-order valence-electron chi connectivity index (χ0n) is 24.1. The van der Waals surface area contributed by atoms with Gasteiger partial charge in [0.2, 0.25) is 5.91 Å². The van der Waals surface area contributed by atoms with E-state index in [1.54, 1.807) is 17.0 Å². The van der Waals surface area contributed by atoms with Crippen LogP contribution in [0.4, 0.5) is 11.4 Å². The molecule has 10 heteroatoms. The molecule has 0 bridgehead atoms. The smallest absolute Gasteiger partial charge is 0.303 e. The lowest BCUT2D eigenvalue weighted by Crippen LogP contribution is -2.35. The summed E-state index contributed by atoms with van der Waals surface area (Å²) in [6.45, 7) is 4.30. The zero-order valence-corrected chi connectivity index (χ0v) is 25.7. The SMILES string of the molecule is Cc1ccc(NC(=O)CN2C(=O)C(=C3SC(=S)N(CCCCCCCCCCC(=O)O)C3=O)c3ccccc32)cc1C. The Morgan fingerprint density at radius 3 is 2.21 bits per heavy atom. The summed E-state index contributed by atoms with van der Waals surface area (Å²) in [5.41, 5.74) is 4.38. The number of unbranched alkanes of at least 4 members (excludes halogenated alkanes) is 7. The average molecular weight is 608 g/mol. The molecule has 0 aromatic heterocycles. The fraction of sp³-hybridized carbons (Fsp3) is 0.406. The van der Waals surface area contributed by atoms with Gasteiger partial charge in [0.05, 0.1) is 16.2 Å². The maximum absolute atomic E-state index is 13.7. The third-order valence-corrected chi connectivity index (χ3v) is 9.06. The molecule has 0 unspecified atom stereocenters. The summed E-state index contributed by atoms with van der Waals surface area (Å²) in [5, 5.41) is 11.6. The molecular formula is C32H37N3O5S2. The van der Waals surface area contributed by atoms with Crippen LogP contribution in [-0.2, 0) is 19.2 Å². The van der Waals surface area contributed by atoms with Gasteiger partial charge < -0.3 is 10.4 Å². The monoisotopic (exact) mass is 607 g/mol. The molecule has 2 heterocycles. The topological polar surface area (TPSA) is 107 Å². The van der Waals surface area contributed by atoms with Crippen molar-refractivity contribution in [3.8, 4) is 0 Å². The van der Waals surface area contributed by atoms with Crippen LogP contribution in [0.5, 0.6) is 0 Å². The van der Waals surface area contributed by atoms with Crippen molar-refractivity contribution in [3.63, 3.8) is 0 Å². The van der Waals surface area contributed by atoms with Crippen LogP contribution in [0.2, 0.25) is 0 Å². The third-order valence-electron chi connectivity index (χ3n) is 7.61. The number of aliphatic carboxylic acids is 1. The molecule has 1 saturated heterocycles. The first-order valence-electron chi connectivity index (χ1n) is 14.5. The minimum atomic E-state index is -0.739. The molecule has 42 heavy (non-hydrogen) atoms. The van der Waals surface area contributed by atoms with Crippen LogP contribution in [0.25, 0.3) is 5.57 Å². The van der Waals surface area contributed by atoms with Gasteiger partial charge in [-0.3, -0.25) is 29.0 Å². The van der Waals surface area contributed by atoms with E-state index in [1.807, 2.05) is 44.2 Å². The predicted molar refractivity (Wildman–Crippen MR) is 171 cm³/mol. The van der Waals surface area contributed by atoms with E-state index in [9.17, 15) is 19.2 Å². The number of nitrogens with one attached hydrogen (secondary N) is 1. The van der Waals surface area contributed by atoms with Gasteiger partial charge in [-0.05, 0) is 56.0 Å². The Balaban J connectivity index is 1.35. The fourth-order valence-electron chi connectivity index (χ4n) is 5.17. The number of amides is 3. The zero-order chi connectivity index (χ0) is 30.2. The molecule has 4 rings (SSSR count). The lowest BCUT2D eigenvalue weighted by Gasteiger charge is -2.17. The number of anilines is 2. The van der Waals surface area contributed by atoms with Crippen LogP contribution in [0.3, 0.4) is 0 Å². The predicted octanol–water partition coefficient (Wildman–Crippen LogP) is 6.46. The fourth-order valence-corrected chi connectivity index (χ4v) is 6.55. The number of nitrogens with zero attached hydrogens (tertiary/aromatic N) is 2. The van der Waals surface area contributed by atoms with Crippen LogP contribution < -0.4 is 10.2 Å². The second kappa shape index (κ2) is 14.6. The maximum Gasteiger partial charge on any atom is 0.303 e. The van der Waals surface area contributed by atoms with Crippen LogP contribution in [-0.4, -0.2) is 51.1 Å². The van der Waals surface area contributed by atoms with Gasteiger partial charge in [0.1, 0.15) is 10.9 Å². The van der Waals surface area contributed by atoms with E-state index in [-0.39, 0.29) is 30.7 Å². The van der Waals surface area contributed by atoms with Crippen LogP contribution in [0, 0.1) is 13.8 Å². The number of thiocarbonyl (C=S) groups is 1. The van der Waals surface area contributed by atoms with E-state index < -0.39 is 5.97 Å². The highest BCUT2D eigenvalue weighted by Gasteiger charge is 2.42. The minimum Gasteiger partial charge on any atom is -0.481 e. The second-order valence-corrected chi connectivity index (χ2v) is 12.4. The number of benzene rings is 2. The number of aryl methyl sites for hydroxylation is 2. The molecule has 222 valence electrons. The number of rotatable bonds is 14. The second-order valence-electron chi connectivity index (χ2n) is 10.8. The Bertz CT molecular complexity index is 1420. The molecule has 3 amide bonds. The Kier molecular flexibility index (Phi) is 10.9. The molecule has 1 fully saturated rings. The third kappa shape index (κ3) is 7.66. The quantitative estimate of drug-likeness (QED) is 0.144. The standard InChI is InChI=1S/C32H37N3O5S2/c1-21-16-17-23(19-22(21)2)33-26(36)20-35-25-14-11-10-13-24(25)28(30(35)39)29-31(40)34(32(41)42-29)18-12-8-6-4-3-5-7-9-15-27(37)38/h10-11,13-14,16-17,19H,3-9,12,15,18,20H2,1-2H3,(H,33,36)(H,37,38). The Hall–Kier alpha value is -3.50. The molecule has 0 aliphatic carbocycles. The normalized spacial score (nSPS) is 16.4. The van der Waals surface area contributed by atoms with E-state index in [4.69, 9.17) is 17.3 Å². The maximum atomic E-state index is 13.7. The molecule has 0 radical (unpaired) electrons. The highest BCUT2D eigenvalue weighted by molar-refractivity contribution is 8.26.